The Hall–Kier alpha value is -0.480. The maximum absolute atomic E-state index is 5.65. The van der Waals surface area contributed by atoms with Crippen molar-refractivity contribution in [2.24, 2.45) is 0 Å². The lowest BCUT2D eigenvalue weighted by atomic mass is 10.1. The lowest BCUT2D eigenvalue weighted by Crippen LogP contribution is -2.03. The third-order valence-electron chi connectivity index (χ3n) is 2.59. The molecule has 4 heteroatoms. The van der Waals surface area contributed by atoms with Gasteiger partial charge in [-0.1, -0.05) is 6.07 Å². The minimum Gasteiger partial charge on any atom is -0.479 e. The summed E-state index contributed by atoms with van der Waals surface area (Å²) in [7, 11) is 0. The highest BCUT2D eigenvalue weighted by atomic mass is 32.1. The van der Waals surface area contributed by atoms with Crippen molar-refractivity contribution in [3.05, 3.63) is 23.3 Å². The molecule has 0 spiro atoms. The van der Waals surface area contributed by atoms with Crippen molar-refractivity contribution in [1.82, 2.24) is 0 Å². The monoisotopic (exact) mass is 226 g/mol. The van der Waals surface area contributed by atoms with Crippen molar-refractivity contribution in [2.75, 3.05) is 0 Å². The first kappa shape index (κ1) is 8.80. The number of hydrogen-bond acceptors (Lipinski definition) is 4. The number of hydrogen-bond donors (Lipinski definition) is 2. The topological polar surface area (TPSA) is 18.5 Å². The van der Waals surface area contributed by atoms with Crippen molar-refractivity contribution in [3.63, 3.8) is 0 Å². The fourth-order valence-electron chi connectivity index (χ4n) is 2.00. The second-order valence-corrected chi connectivity index (χ2v) is 4.74. The molecule has 0 aliphatic carbocycles. The molecule has 2 aliphatic rings. The second kappa shape index (κ2) is 3.00. The molecule has 1 aromatic rings. The van der Waals surface area contributed by atoms with Crippen LogP contribution in [0.3, 0.4) is 0 Å². The molecule has 0 saturated heterocycles. The molecule has 2 nitrogen and oxygen atoms in total. The van der Waals surface area contributed by atoms with E-state index in [1.165, 1.54) is 5.56 Å². The van der Waals surface area contributed by atoms with Crippen molar-refractivity contribution >= 4 is 25.3 Å². The zero-order valence-corrected chi connectivity index (χ0v) is 9.22. The van der Waals surface area contributed by atoms with Gasteiger partial charge in [-0.25, -0.2) is 0 Å². The van der Waals surface area contributed by atoms with E-state index in [0.29, 0.717) is 0 Å². The summed E-state index contributed by atoms with van der Waals surface area (Å²) in [5.41, 5.74) is 2.35. The maximum Gasteiger partial charge on any atom is 0.146 e. The molecule has 2 heterocycles. The minimum atomic E-state index is -0.0286. The lowest BCUT2D eigenvalue weighted by molar-refractivity contribution is 0.323. The molecule has 0 bridgehead atoms. The van der Waals surface area contributed by atoms with Crippen LogP contribution >= 0.6 is 25.3 Å². The normalized spacial score (nSPS) is 27.9. The number of rotatable bonds is 0. The lowest BCUT2D eigenvalue weighted by Gasteiger charge is -2.05. The van der Waals surface area contributed by atoms with E-state index in [1.807, 2.05) is 6.07 Å². The van der Waals surface area contributed by atoms with E-state index in [0.717, 1.165) is 29.9 Å². The van der Waals surface area contributed by atoms with Gasteiger partial charge in [0.15, 0.2) is 0 Å². The molecule has 0 aromatic heterocycles. The first-order chi connectivity index (χ1) is 6.74. The van der Waals surface area contributed by atoms with E-state index in [2.05, 4.69) is 31.3 Å². The molecular weight excluding hydrogens is 216 g/mol. The van der Waals surface area contributed by atoms with Gasteiger partial charge in [-0.15, -0.1) is 25.3 Å². The SMILES string of the molecule is SC1Cc2c(ccc3c2OC(S)C3)O1. The molecule has 0 amide bonds. The number of ether oxygens (including phenoxy) is 2. The number of benzene rings is 1. The van der Waals surface area contributed by atoms with Crippen molar-refractivity contribution in [1.29, 1.82) is 0 Å². The molecule has 0 N–H and O–H groups in total. The van der Waals surface area contributed by atoms with Crippen molar-refractivity contribution < 1.29 is 9.47 Å². The van der Waals surface area contributed by atoms with E-state index in [9.17, 15) is 0 Å². The average molecular weight is 226 g/mol. The minimum absolute atomic E-state index is 0.00420. The zero-order valence-electron chi connectivity index (χ0n) is 7.43. The average Bonchev–Trinajstić information content (AvgIpc) is 2.65. The van der Waals surface area contributed by atoms with Gasteiger partial charge in [0.25, 0.3) is 0 Å². The summed E-state index contributed by atoms with van der Waals surface area (Å²) in [5.74, 6) is 1.88. The van der Waals surface area contributed by atoms with Gasteiger partial charge >= 0.3 is 0 Å². The highest BCUT2D eigenvalue weighted by molar-refractivity contribution is 7.81. The molecular formula is C10H10O2S2. The van der Waals surface area contributed by atoms with Crippen LogP contribution in [0.1, 0.15) is 11.1 Å². The standard InChI is InChI=1S/C10H10O2S2/c13-8-3-5-1-2-7-6(10(5)12-8)4-9(14)11-7/h1-2,8-9,13-14H,3-4H2. The third-order valence-corrected chi connectivity index (χ3v) is 3.17. The van der Waals surface area contributed by atoms with E-state index in [1.54, 1.807) is 0 Å². The van der Waals surface area contributed by atoms with E-state index in [-0.39, 0.29) is 10.9 Å². The molecule has 0 saturated carbocycles. The smallest absolute Gasteiger partial charge is 0.146 e. The quantitative estimate of drug-likeness (QED) is 0.660. The number of thiol groups is 2. The van der Waals surface area contributed by atoms with Crippen LogP contribution in [-0.4, -0.2) is 10.9 Å². The van der Waals surface area contributed by atoms with Crippen molar-refractivity contribution in [3.8, 4) is 11.5 Å². The summed E-state index contributed by atoms with van der Waals surface area (Å²) in [6.07, 6.45) is 1.70. The number of fused-ring (bicyclic) bond motifs is 3. The van der Waals surface area contributed by atoms with Gasteiger partial charge < -0.3 is 9.47 Å². The molecule has 2 atom stereocenters. The summed E-state index contributed by atoms with van der Waals surface area (Å²) < 4.78 is 11.2. The molecule has 3 rings (SSSR count). The predicted octanol–water partition coefficient (Wildman–Crippen LogP) is 2.07. The fourth-order valence-corrected chi connectivity index (χ4v) is 2.60. The van der Waals surface area contributed by atoms with Gasteiger partial charge in [0.1, 0.15) is 22.4 Å². The van der Waals surface area contributed by atoms with E-state index in [4.69, 9.17) is 9.47 Å². The van der Waals surface area contributed by atoms with Crippen LogP contribution in [0.15, 0.2) is 12.1 Å². The highest BCUT2D eigenvalue weighted by Gasteiger charge is 2.30. The van der Waals surface area contributed by atoms with Gasteiger partial charge in [-0.3, -0.25) is 0 Å². The van der Waals surface area contributed by atoms with Crippen LogP contribution in [0.5, 0.6) is 11.5 Å². The zero-order chi connectivity index (χ0) is 9.71. The van der Waals surface area contributed by atoms with Crippen LogP contribution in [0.4, 0.5) is 0 Å². The second-order valence-electron chi connectivity index (χ2n) is 3.58. The van der Waals surface area contributed by atoms with Crippen LogP contribution < -0.4 is 9.47 Å². The Labute approximate surface area is 93.4 Å². The first-order valence-corrected chi connectivity index (χ1v) is 5.61. The first-order valence-electron chi connectivity index (χ1n) is 4.58. The van der Waals surface area contributed by atoms with Crippen LogP contribution in [-0.2, 0) is 12.8 Å². The molecule has 74 valence electrons. The molecule has 14 heavy (non-hydrogen) atoms. The maximum atomic E-state index is 5.65. The van der Waals surface area contributed by atoms with Gasteiger partial charge in [-0.05, 0) is 11.6 Å². The molecule has 1 aromatic carbocycles. The van der Waals surface area contributed by atoms with Gasteiger partial charge in [0.2, 0.25) is 0 Å². The predicted molar refractivity (Wildman–Crippen MR) is 60.7 cm³/mol. The highest BCUT2D eigenvalue weighted by Crippen LogP contribution is 2.43. The summed E-state index contributed by atoms with van der Waals surface area (Å²) in [6.45, 7) is 0. The summed E-state index contributed by atoms with van der Waals surface area (Å²) >= 11 is 8.62. The molecule has 2 aliphatic heterocycles. The van der Waals surface area contributed by atoms with Gasteiger partial charge in [-0.2, -0.15) is 0 Å². The van der Waals surface area contributed by atoms with E-state index < -0.39 is 0 Å². The Bertz CT molecular complexity index is 355. The Morgan fingerprint density at radius 1 is 1.07 bits per heavy atom. The molecule has 0 fully saturated rings. The van der Waals surface area contributed by atoms with Gasteiger partial charge in [0, 0.05) is 18.4 Å². The third kappa shape index (κ3) is 1.21. The Morgan fingerprint density at radius 3 is 2.71 bits per heavy atom. The largest absolute Gasteiger partial charge is 0.479 e. The Balaban J connectivity index is 2.11. The summed E-state index contributed by atoms with van der Waals surface area (Å²) in [4.78, 5) is 0. The summed E-state index contributed by atoms with van der Waals surface area (Å²) in [6, 6.07) is 4.05. The fraction of sp³-hybridized carbons (Fsp3) is 0.400. The van der Waals surface area contributed by atoms with Gasteiger partial charge in [0.05, 0.1) is 0 Å². The Kier molecular flexibility index (Phi) is 1.89. The van der Waals surface area contributed by atoms with Crippen LogP contribution in [0.2, 0.25) is 0 Å². The molecule has 0 radical (unpaired) electrons. The molecule has 2 unspecified atom stereocenters. The van der Waals surface area contributed by atoms with Crippen LogP contribution in [0, 0.1) is 0 Å². The summed E-state index contributed by atoms with van der Waals surface area (Å²) in [5, 5.41) is 0. The van der Waals surface area contributed by atoms with Crippen LogP contribution in [0.25, 0.3) is 0 Å². The Morgan fingerprint density at radius 2 is 1.86 bits per heavy atom. The van der Waals surface area contributed by atoms with Crippen molar-refractivity contribution in [2.45, 2.75) is 23.7 Å². The van der Waals surface area contributed by atoms with E-state index >= 15 is 0 Å².